The molecule has 0 radical (unpaired) electrons. The lowest BCUT2D eigenvalue weighted by Gasteiger charge is -2.49. The number of piperidine rings is 1. The van der Waals surface area contributed by atoms with Crippen molar-refractivity contribution < 1.29 is 4.39 Å². The van der Waals surface area contributed by atoms with E-state index < -0.39 is 0 Å². The minimum Gasteiger partial charge on any atom is -0.355 e. The molecule has 1 saturated heterocycles. The number of hydrogen-bond donors (Lipinski definition) is 2. The van der Waals surface area contributed by atoms with E-state index in [-0.39, 0.29) is 16.9 Å². The van der Waals surface area contributed by atoms with Gasteiger partial charge < -0.3 is 10.2 Å². The summed E-state index contributed by atoms with van der Waals surface area (Å²) in [6, 6.07) is 9.22. The SMILES string of the molecule is CN(c1ccc(-c2ccc(-c3cn[nH]c3)cc2F)nn1)C1CC(C)(C)NC(C)(C)C1. The van der Waals surface area contributed by atoms with Gasteiger partial charge in [-0.25, -0.2) is 4.39 Å². The summed E-state index contributed by atoms with van der Waals surface area (Å²) >= 11 is 0. The second kappa shape index (κ2) is 7.47. The summed E-state index contributed by atoms with van der Waals surface area (Å²) in [7, 11) is 2.06. The van der Waals surface area contributed by atoms with E-state index in [1.807, 2.05) is 18.2 Å². The molecule has 0 bridgehead atoms. The number of aromatic amines is 1. The summed E-state index contributed by atoms with van der Waals surface area (Å²) in [6.07, 6.45) is 5.44. The van der Waals surface area contributed by atoms with Gasteiger partial charge in [-0.05, 0) is 70.4 Å². The number of anilines is 1. The number of benzene rings is 1. The molecular weight excluding hydrogens is 379 g/mol. The van der Waals surface area contributed by atoms with Gasteiger partial charge in [-0.2, -0.15) is 5.10 Å². The van der Waals surface area contributed by atoms with Crippen LogP contribution in [-0.2, 0) is 0 Å². The Bertz CT molecular complexity index is 995. The Morgan fingerprint density at radius 2 is 1.73 bits per heavy atom. The van der Waals surface area contributed by atoms with Gasteiger partial charge in [0.15, 0.2) is 5.82 Å². The largest absolute Gasteiger partial charge is 0.355 e. The molecular formula is C23H29FN6. The van der Waals surface area contributed by atoms with Gasteiger partial charge in [0, 0.05) is 41.5 Å². The third kappa shape index (κ3) is 4.21. The molecule has 30 heavy (non-hydrogen) atoms. The van der Waals surface area contributed by atoms with Gasteiger partial charge in [0.2, 0.25) is 0 Å². The fraction of sp³-hybridized carbons (Fsp3) is 0.435. The molecule has 3 heterocycles. The molecule has 6 nitrogen and oxygen atoms in total. The van der Waals surface area contributed by atoms with Crippen molar-refractivity contribution in [2.75, 3.05) is 11.9 Å². The molecule has 1 aromatic carbocycles. The van der Waals surface area contributed by atoms with Crippen LogP contribution in [0.5, 0.6) is 0 Å². The van der Waals surface area contributed by atoms with Crippen LogP contribution in [-0.4, -0.2) is 44.6 Å². The Balaban J connectivity index is 1.54. The highest BCUT2D eigenvalue weighted by Crippen LogP contribution is 2.33. The number of H-pyrrole nitrogens is 1. The molecule has 1 aliphatic rings. The topological polar surface area (TPSA) is 69.7 Å². The van der Waals surface area contributed by atoms with Gasteiger partial charge >= 0.3 is 0 Å². The van der Waals surface area contributed by atoms with Crippen LogP contribution in [0.15, 0.2) is 42.7 Å². The summed E-state index contributed by atoms with van der Waals surface area (Å²) < 4.78 is 14.7. The van der Waals surface area contributed by atoms with E-state index in [9.17, 15) is 4.39 Å². The van der Waals surface area contributed by atoms with Crippen molar-refractivity contribution in [3.8, 4) is 22.4 Å². The maximum absolute atomic E-state index is 14.7. The van der Waals surface area contributed by atoms with Crippen molar-refractivity contribution in [3.05, 3.63) is 48.5 Å². The Kier molecular flexibility index (Phi) is 5.10. The number of nitrogens with one attached hydrogen (secondary N) is 2. The first-order chi connectivity index (χ1) is 14.1. The van der Waals surface area contributed by atoms with Crippen LogP contribution in [0.3, 0.4) is 0 Å². The van der Waals surface area contributed by atoms with E-state index in [0.29, 0.717) is 17.3 Å². The molecule has 2 aromatic heterocycles. The van der Waals surface area contributed by atoms with Crippen molar-refractivity contribution in [2.24, 2.45) is 0 Å². The maximum atomic E-state index is 14.7. The van der Waals surface area contributed by atoms with Gasteiger partial charge in [0.05, 0.1) is 11.9 Å². The first kappa shape index (κ1) is 20.5. The van der Waals surface area contributed by atoms with E-state index in [1.54, 1.807) is 18.5 Å². The van der Waals surface area contributed by atoms with Crippen molar-refractivity contribution in [1.29, 1.82) is 0 Å². The molecule has 0 unspecified atom stereocenters. The van der Waals surface area contributed by atoms with Crippen LogP contribution in [0.1, 0.15) is 40.5 Å². The van der Waals surface area contributed by atoms with Crippen molar-refractivity contribution in [3.63, 3.8) is 0 Å². The molecule has 0 aliphatic carbocycles. The van der Waals surface area contributed by atoms with E-state index in [2.05, 4.69) is 65.4 Å². The number of rotatable bonds is 4. The summed E-state index contributed by atoms with van der Waals surface area (Å²) in [5, 5.41) is 19.1. The second-order valence-electron chi connectivity index (χ2n) is 9.52. The highest BCUT2D eigenvalue weighted by Gasteiger charge is 2.39. The zero-order valence-electron chi connectivity index (χ0n) is 18.2. The zero-order valence-corrected chi connectivity index (χ0v) is 18.2. The predicted octanol–water partition coefficient (Wildman–Crippen LogP) is 4.42. The minimum atomic E-state index is -0.328. The Labute approximate surface area is 176 Å². The zero-order chi connectivity index (χ0) is 21.5. The van der Waals surface area contributed by atoms with Crippen LogP contribution in [0.25, 0.3) is 22.4 Å². The molecule has 3 aromatic rings. The van der Waals surface area contributed by atoms with Crippen LogP contribution >= 0.6 is 0 Å². The van der Waals surface area contributed by atoms with Crippen molar-refractivity contribution >= 4 is 5.82 Å². The molecule has 7 heteroatoms. The highest BCUT2D eigenvalue weighted by atomic mass is 19.1. The fourth-order valence-corrected chi connectivity index (χ4v) is 4.70. The molecule has 158 valence electrons. The van der Waals surface area contributed by atoms with Gasteiger partial charge in [0.1, 0.15) is 5.82 Å². The third-order valence-corrected chi connectivity index (χ3v) is 5.80. The average molecular weight is 409 g/mol. The lowest BCUT2D eigenvalue weighted by atomic mass is 9.79. The lowest BCUT2D eigenvalue weighted by Crippen LogP contribution is -2.62. The standard InChI is InChI=1S/C23H29FN6/c1-22(2)11-17(12-23(3,4)29-22)30(5)21-9-8-20(27-28-21)18-7-6-15(10-19(18)24)16-13-25-26-14-16/h6-10,13-14,17,29H,11-12H2,1-5H3,(H,25,26). The number of hydrogen-bond acceptors (Lipinski definition) is 5. The van der Waals surface area contributed by atoms with Crippen LogP contribution in [0, 0.1) is 5.82 Å². The van der Waals surface area contributed by atoms with E-state index in [4.69, 9.17) is 0 Å². The molecule has 2 N–H and O–H groups in total. The molecule has 0 spiro atoms. The maximum Gasteiger partial charge on any atom is 0.151 e. The fourth-order valence-electron chi connectivity index (χ4n) is 4.70. The summed E-state index contributed by atoms with van der Waals surface area (Å²) in [4.78, 5) is 2.19. The number of halogens is 1. The minimum absolute atomic E-state index is 0.0495. The monoisotopic (exact) mass is 408 g/mol. The van der Waals surface area contributed by atoms with Crippen LogP contribution in [0.4, 0.5) is 10.2 Å². The Hall–Kier alpha value is -2.80. The average Bonchev–Trinajstić information content (AvgIpc) is 3.20. The third-order valence-electron chi connectivity index (χ3n) is 5.80. The highest BCUT2D eigenvalue weighted by molar-refractivity contribution is 5.68. The van der Waals surface area contributed by atoms with E-state index >= 15 is 0 Å². The smallest absolute Gasteiger partial charge is 0.151 e. The van der Waals surface area contributed by atoms with Gasteiger partial charge in [-0.15, -0.1) is 10.2 Å². The van der Waals surface area contributed by atoms with E-state index in [1.165, 1.54) is 6.07 Å². The quantitative estimate of drug-likeness (QED) is 0.669. The first-order valence-corrected chi connectivity index (χ1v) is 10.3. The molecule has 0 atom stereocenters. The van der Waals surface area contributed by atoms with Crippen molar-refractivity contribution in [1.82, 2.24) is 25.7 Å². The van der Waals surface area contributed by atoms with Gasteiger partial charge in [-0.3, -0.25) is 5.10 Å². The van der Waals surface area contributed by atoms with Crippen LogP contribution < -0.4 is 10.2 Å². The predicted molar refractivity (Wildman–Crippen MR) is 118 cm³/mol. The molecule has 1 fully saturated rings. The van der Waals surface area contributed by atoms with Gasteiger partial charge in [0.25, 0.3) is 0 Å². The molecule has 1 aliphatic heterocycles. The van der Waals surface area contributed by atoms with Gasteiger partial charge in [-0.1, -0.05) is 6.07 Å². The summed E-state index contributed by atoms with van der Waals surface area (Å²) in [5.41, 5.74) is 2.67. The summed E-state index contributed by atoms with van der Waals surface area (Å²) in [5.74, 6) is 0.471. The normalized spacial score (nSPS) is 18.3. The number of aromatic nitrogens is 4. The van der Waals surface area contributed by atoms with Crippen molar-refractivity contribution in [2.45, 2.75) is 57.7 Å². The lowest BCUT2D eigenvalue weighted by molar-refractivity contribution is 0.160. The Morgan fingerprint density at radius 3 is 2.30 bits per heavy atom. The van der Waals surface area contributed by atoms with E-state index in [0.717, 1.165) is 29.8 Å². The number of nitrogens with zero attached hydrogens (tertiary/aromatic N) is 4. The molecule has 4 rings (SSSR count). The molecule has 0 saturated carbocycles. The van der Waals surface area contributed by atoms with Crippen LogP contribution in [0.2, 0.25) is 0 Å². The summed E-state index contributed by atoms with van der Waals surface area (Å²) in [6.45, 7) is 8.94. The molecule has 0 amide bonds. The second-order valence-corrected chi connectivity index (χ2v) is 9.52. The first-order valence-electron chi connectivity index (χ1n) is 10.3. The Morgan fingerprint density at radius 1 is 1.00 bits per heavy atom.